The minimum atomic E-state index is 0.191. The van der Waals surface area contributed by atoms with E-state index >= 15 is 0 Å². The van der Waals surface area contributed by atoms with Crippen LogP contribution in [0.3, 0.4) is 0 Å². The van der Waals surface area contributed by atoms with Gasteiger partial charge in [0.25, 0.3) is 0 Å². The van der Waals surface area contributed by atoms with E-state index in [1.54, 1.807) is 0 Å². The van der Waals surface area contributed by atoms with E-state index in [2.05, 4.69) is 9.97 Å². The van der Waals surface area contributed by atoms with Crippen LogP contribution < -0.4 is 4.74 Å². The third-order valence-corrected chi connectivity index (χ3v) is 4.29. The van der Waals surface area contributed by atoms with Gasteiger partial charge in [0.05, 0.1) is 10.9 Å². The number of benzene rings is 3. The molecule has 0 saturated carbocycles. The van der Waals surface area contributed by atoms with E-state index in [9.17, 15) is 4.79 Å². The van der Waals surface area contributed by atoms with Gasteiger partial charge in [0, 0.05) is 12.8 Å². The third kappa shape index (κ3) is 8.85. The molecule has 4 aromatic rings. The number of hydrogen-bond donors (Lipinski definition) is 0. The van der Waals surface area contributed by atoms with Crippen LogP contribution >= 0.6 is 0 Å². The predicted octanol–water partition coefficient (Wildman–Crippen LogP) is 7.86. The van der Waals surface area contributed by atoms with E-state index < -0.39 is 0 Å². The highest BCUT2D eigenvalue weighted by atomic mass is 16.5. The number of aromatic nitrogens is 2. The average Bonchev–Trinajstić information content (AvgIpc) is 2.89. The number of Topliss-reactive ketones (excluding diaryl/α,β-unsaturated/α-hetero) is 1. The highest BCUT2D eigenvalue weighted by Crippen LogP contribution is 2.26. The molecular formula is C29H36N2O2. The van der Waals surface area contributed by atoms with Crippen LogP contribution in [0.5, 0.6) is 11.6 Å². The molecule has 0 atom stereocenters. The van der Waals surface area contributed by atoms with Crippen molar-refractivity contribution in [1.29, 1.82) is 0 Å². The molecule has 0 aliphatic heterocycles. The smallest absolute Gasteiger partial charge is 0.230 e. The van der Waals surface area contributed by atoms with Gasteiger partial charge in [-0.15, -0.1) is 0 Å². The molecule has 0 saturated heterocycles. The maximum absolute atomic E-state index is 12.3. The first-order chi connectivity index (χ1) is 16.3. The van der Waals surface area contributed by atoms with Crippen molar-refractivity contribution < 1.29 is 9.53 Å². The summed E-state index contributed by atoms with van der Waals surface area (Å²) in [6, 6.07) is 25.1. The van der Waals surface area contributed by atoms with Gasteiger partial charge in [-0.25, -0.2) is 9.97 Å². The lowest BCUT2D eigenvalue weighted by Crippen LogP contribution is -2.06. The van der Waals surface area contributed by atoms with E-state index in [-0.39, 0.29) is 5.78 Å². The first-order valence-electron chi connectivity index (χ1n) is 11.8. The summed E-state index contributed by atoms with van der Waals surface area (Å²) >= 11 is 0. The Morgan fingerprint density at radius 1 is 0.667 bits per heavy atom. The monoisotopic (exact) mass is 444 g/mol. The van der Waals surface area contributed by atoms with E-state index in [4.69, 9.17) is 4.74 Å². The lowest BCUT2D eigenvalue weighted by atomic mass is 10.0. The largest absolute Gasteiger partial charge is 0.438 e. The first-order valence-corrected chi connectivity index (χ1v) is 11.8. The summed E-state index contributed by atoms with van der Waals surface area (Å²) in [7, 11) is 0. The zero-order valence-electron chi connectivity index (χ0n) is 20.7. The summed E-state index contributed by atoms with van der Waals surface area (Å²) in [6.45, 7) is 12.0. The standard InChI is InChI=1S/C23H18N2O2.3C2H6/c26-19(14-17-6-2-1-3-7-17)15-18-10-12-20(13-11-18)27-23-21-8-4-5-9-22(21)24-16-25-23;3*1-2/h1-13,16H,14-15H2;3*1-2H3. The van der Waals surface area contributed by atoms with Gasteiger partial charge in [-0.05, 0) is 35.4 Å². The average molecular weight is 445 g/mol. The molecule has 174 valence electrons. The molecule has 0 aliphatic carbocycles. The van der Waals surface area contributed by atoms with Crippen molar-refractivity contribution in [2.75, 3.05) is 0 Å². The fourth-order valence-electron chi connectivity index (χ4n) is 2.96. The van der Waals surface area contributed by atoms with E-state index in [0.717, 1.165) is 22.0 Å². The molecule has 4 rings (SSSR count). The molecule has 0 N–H and O–H groups in total. The first kappa shape index (κ1) is 27.5. The fraction of sp³-hybridized carbons (Fsp3) is 0.276. The summed E-state index contributed by atoms with van der Waals surface area (Å²) in [4.78, 5) is 20.7. The van der Waals surface area contributed by atoms with Crippen LogP contribution in [0.1, 0.15) is 52.7 Å². The van der Waals surface area contributed by atoms with E-state index in [1.807, 2.05) is 120 Å². The zero-order chi connectivity index (χ0) is 24.5. The second-order valence-corrected chi connectivity index (χ2v) is 6.32. The number of carbonyl (C=O) groups is 1. The number of fused-ring (bicyclic) bond motifs is 1. The van der Waals surface area contributed by atoms with E-state index in [0.29, 0.717) is 24.5 Å². The van der Waals surface area contributed by atoms with Crippen molar-refractivity contribution in [2.24, 2.45) is 0 Å². The quantitative estimate of drug-likeness (QED) is 0.304. The summed E-state index contributed by atoms with van der Waals surface area (Å²) < 4.78 is 5.91. The molecule has 0 amide bonds. The second kappa shape index (κ2) is 16.2. The molecule has 0 bridgehead atoms. The molecular weight excluding hydrogens is 408 g/mol. The van der Waals surface area contributed by atoms with Crippen LogP contribution in [0.25, 0.3) is 10.9 Å². The Kier molecular flexibility index (Phi) is 13.5. The number of rotatable bonds is 6. The lowest BCUT2D eigenvalue weighted by Gasteiger charge is -2.08. The topological polar surface area (TPSA) is 52.1 Å². The number of para-hydroxylation sites is 1. The van der Waals surface area contributed by atoms with Crippen LogP contribution in [0.4, 0.5) is 0 Å². The predicted molar refractivity (Wildman–Crippen MR) is 139 cm³/mol. The van der Waals surface area contributed by atoms with Gasteiger partial charge in [0.2, 0.25) is 5.88 Å². The zero-order valence-corrected chi connectivity index (χ0v) is 20.7. The van der Waals surface area contributed by atoms with Crippen molar-refractivity contribution in [3.05, 3.63) is 96.3 Å². The Morgan fingerprint density at radius 2 is 1.21 bits per heavy atom. The van der Waals surface area contributed by atoms with Crippen molar-refractivity contribution in [1.82, 2.24) is 9.97 Å². The van der Waals surface area contributed by atoms with Gasteiger partial charge >= 0.3 is 0 Å². The number of nitrogens with zero attached hydrogens (tertiary/aromatic N) is 2. The SMILES string of the molecule is CC.CC.CC.O=C(Cc1ccccc1)Cc1ccc(Oc2ncnc3ccccc23)cc1. The molecule has 1 aromatic heterocycles. The van der Waals surface area contributed by atoms with Gasteiger partial charge in [-0.1, -0.05) is 96.1 Å². The summed E-state index contributed by atoms with van der Waals surface area (Å²) in [5, 5.41) is 0.863. The van der Waals surface area contributed by atoms with Crippen LogP contribution in [0.15, 0.2) is 85.2 Å². The molecule has 0 unspecified atom stereocenters. The van der Waals surface area contributed by atoms with Crippen LogP contribution in [0.2, 0.25) is 0 Å². The Balaban J connectivity index is 0.000000841. The van der Waals surface area contributed by atoms with Gasteiger partial charge in [-0.3, -0.25) is 4.79 Å². The minimum Gasteiger partial charge on any atom is -0.438 e. The summed E-state index contributed by atoms with van der Waals surface area (Å²) in [5.74, 6) is 1.39. The highest BCUT2D eigenvalue weighted by Gasteiger charge is 2.08. The van der Waals surface area contributed by atoms with Gasteiger partial charge in [0.15, 0.2) is 0 Å². The molecule has 4 nitrogen and oxygen atoms in total. The normalized spacial score (nSPS) is 9.27. The Labute approximate surface area is 198 Å². The molecule has 3 aromatic carbocycles. The molecule has 4 heteroatoms. The minimum absolute atomic E-state index is 0.191. The number of carbonyl (C=O) groups excluding carboxylic acids is 1. The van der Waals surface area contributed by atoms with E-state index in [1.165, 1.54) is 6.33 Å². The van der Waals surface area contributed by atoms with Crippen molar-refractivity contribution in [3.8, 4) is 11.6 Å². The molecule has 0 fully saturated rings. The molecule has 0 radical (unpaired) electrons. The van der Waals surface area contributed by atoms with Gasteiger partial charge in [-0.2, -0.15) is 0 Å². The number of ketones is 1. The molecule has 0 aliphatic rings. The van der Waals surface area contributed by atoms with Gasteiger partial charge in [0.1, 0.15) is 17.9 Å². The van der Waals surface area contributed by atoms with Crippen molar-refractivity contribution in [2.45, 2.75) is 54.4 Å². The van der Waals surface area contributed by atoms with Crippen molar-refractivity contribution in [3.63, 3.8) is 0 Å². The molecule has 33 heavy (non-hydrogen) atoms. The summed E-state index contributed by atoms with van der Waals surface area (Å²) in [6.07, 6.45) is 2.35. The Bertz CT molecular complexity index is 1060. The fourth-order valence-corrected chi connectivity index (χ4v) is 2.96. The van der Waals surface area contributed by atoms with Crippen LogP contribution in [-0.4, -0.2) is 15.8 Å². The lowest BCUT2D eigenvalue weighted by molar-refractivity contribution is -0.117. The Hall–Kier alpha value is -3.53. The van der Waals surface area contributed by atoms with Gasteiger partial charge < -0.3 is 4.74 Å². The maximum Gasteiger partial charge on any atom is 0.230 e. The summed E-state index contributed by atoms with van der Waals surface area (Å²) in [5.41, 5.74) is 2.85. The number of hydrogen-bond acceptors (Lipinski definition) is 4. The molecule has 0 spiro atoms. The van der Waals surface area contributed by atoms with Crippen LogP contribution in [-0.2, 0) is 17.6 Å². The van der Waals surface area contributed by atoms with Crippen LogP contribution in [0, 0.1) is 0 Å². The number of ether oxygens (including phenoxy) is 1. The Morgan fingerprint density at radius 3 is 1.85 bits per heavy atom. The maximum atomic E-state index is 12.3. The second-order valence-electron chi connectivity index (χ2n) is 6.32. The third-order valence-electron chi connectivity index (χ3n) is 4.29. The molecule has 1 heterocycles. The van der Waals surface area contributed by atoms with Crippen molar-refractivity contribution >= 4 is 16.7 Å². The highest BCUT2D eigenvalue weighted by molar-refractivity contribution is 5.84.